The smallest absolute Gasteiger partial charge is 0.177 e. The lowest BCUT2D eigenvalue weighted by Crippen LogP contribution is -2.16. The van der Waals surface area contributed by atoms with Gasteiger partial charge in [0.1, 0.15) is 12.0 Å². The number of hydrogen-bond donors (Lipinski definition) is 0. The van der Waals surface area contributed by atoms with Gasteiger partial charge in [0, 0.05) is 17.8 Å². The maximum absolute atomic E-state index is 4.76. The molecule has 7 nitrogen and oxygen atoms in total. The molecule has 4 aromatic rings. The summed E-state index contributed by atoms with van der Waals surface area (Å²) in [4.78, 5) is 9.32. The highest BCUT2D eigenvalue weighted by Gasteiger charge is 2.22. The highest BCUT2D eigenvalue weighted by molar-refractivity contribution is 5.75. The van der Waals surface area contributed by atoms with Crippen molar-refractivity contribution in [1.29, 1.82) is 0 Å². The van der Waals surface area contributed by atoms with E-state index in [4.69, 9.17) is 4.98 Å². The van der Waals surface area contributed by atoms with Gasteiger partial charge in [0.15, 0.2) is 5.82 Å². The Hall–Kier alpha value is -3.22. The summed E-state index contributed by atoms with van der Waals surface area (Å²) in [5, 5.41) is 8.99. The molecule has 0 spiro atoms. The molecular weight excluding hydrogens is 350 g/mol. The van der Waals surface area contributed by atoms with Crippen LogP contribution in [0.5, 0.6) is 0 Å². The predicted molar refractivity (Wildman–Crippen MR) is 109 cm³/mol. The fourth-order valence-electron chi connectivity index (χ4n) is 3.60. The molecule has 1 aromatic carbocycles. The lowest BCUT2D eigenvalue weighted by Gasteiger charge is -2.18. The van der Waals surface area contributed by atoms with Crippen LogP contribution in [0.15, 0.2) is 49.1 Å². The molecule has 28 heavy (non-hydrogen) atoms. The molecule has 0 radical (unpaired) electrons. The molecule has 7 heteroatoms. The minimum atomic E-state index is 0.153. The van der Waals surface area contributed by atoms with Crippen molar-refractivity contribution in [3.63, 3.8) is 0 Å². The molecule has 0 aliphatic rings. The van der Waals surface area contributed by atoms with Gasteiger partial charge in [0.05, 0.1) is 30.3 Å². The van der Waals surface area contributed by atoms with Crippen LogP contribution in [-0.2, 0) is 13.1 Å². The Morgan fingerprint density at radius 2 is 1.82 bits per heavy atom. The van der Waals surface area contributed by atoms with Crippen LogP contribution in [0.2, 0.25) is 0 Å². The van der Waals surface area contributed by atoms with Crippen LogP contribution in [-0.4, -0.2) is 34.1 Å². The van der Waals surface area contributed by atoms with Crippen LogP contribution in [0.3, 0.4) is 0 Å². The van der Waals surface area contributed by atoms with Crippen molar-refractivity contribution in [2.24, 2.45) is 0 Å². The first kappa shape index (κ1) is 18.2. The molecule has 0 saturated carbocycles. The lowest BCUT2D eigenvalue weighted by atomic mass is 10.1. The Balaban J connectivity index is 1.81. The molecule has 3 heterocycles. The Kier molecular flexibility index (Phi) is 4.81. The minimum absolute atomic E-state index is 0.153. The molecule has 1 atom stereocenters. The summed E-state index contributed by atoms with van der Waals surface area (Å²) < 4.78 is 6.15. The first-order chi connectivity index (χ1) is 13.6. The second kappa shape index (κ2) is 7.42. The first-order valence-corrected chi connectivity index (χ1v) is 9.60. The SMILES string of the molecule is CCn1ncnc1-c1c(-c2ccccc2)ncn1[C@@H](C)Cn1nc(C)cc1C. The summed E-state index contributed by atoms with van der Waals surface area (Å²) in [5.74, 6) is 0.832. The molecule has 0 unspecified atom stereocenters. The number of hydrogen-bond acceptors (Lipinski definition) is 4. The summed E-state index contributed by atoms with van der Waals surface area (Å²) in [6, 6.07) is 12.5. The second-order valence-electron chi connectivity index (χ2n) is 7.07. The van der Waals surface area contributed by atoms with Crippen LogP contribution >= 0.6 is 0 Å². The van der Waals surface area contributed by atoms with E-state index in [9.17, 15) is 0 Å². The monoisotopic (exact) mass is 375 g/mol. The number of benzene rings is 1. The number of aromatic nitrogens is 7. The van der Waals surface area contributed by atoms with Crippen LogP contribution in [0.4, 0.5) is 0 Å². The van der Waals surface area contributed by atoms with E-state index in [0.29, 0.717) is 0 Å². The van der Waals surface area contributed by atoms with E-state index < -0.39 is 0 Å². The highest BCUT2D eigenvalue weighted by atomic mass is 15.3. The van der Waals surface area contributed by atoms with Crippen molar-refractivity contribution in [1.82, 2.24) is 34.1 Å². The van der Waals surface area contributed by atoms with E-state index in [1.165, 1.54) is 0 Å². The molecular formula is C21H25N7. The third kappa shape index (κ3) is 3.24. The van der Waals surface area contributed by atoms with Gasteiger partial charge < -0.3 is 4.57 Å². The average molecular weight is 375 g/mol. The average Bonchev–Trinajstić information content (AvgIpc) is 3.40. The first-order valence-electron chi connectivity index (χ1n) is 9.60. The number of rotatable bonds is 6. The van der Waals surface area contributed by atoms with Crippen molar-refractivity contribution < 1.29 is 0 Å². The maximum atomic E-state index is 4.76. The number of nitrogens with zero attached hydrogens (tertiary/aromatic N) is 7. The summed E-state index contributed by atoms with van der Waals surface area (Å²) in [5.41, 5.74) is 5.17. The maximum Gasteiger partial charge on any atom is 0.177 e. The molecule has 0 aliphatic carbocycles. The van der Waals surface area contributed by atoms with Gasteiger partial charge in [-0.3, -0.25) is 4.68 Å². The van der Waals surface area contributed by atoms with Gasteiger partial charge in [-0.15, -0.1) is 0 Å². The van der Waals surface area contributed by atoms with E-state index in [-0.39, 0.29) is 6.04 Å². The lowest BCUT2D eigenvalue weighted by molar-refractivity contribution is 0.431. The van der Waals surface area contributed by atoms with Gasteiger partial charge in [-0.25, -0.2) is 14.6 Å². The quantitative estimate of drug-likeness (QED) is 0.513. The standard InChI is InChI=1S/C21H25N7/c1-5-27-21(22-13-24-27)20-19(18-9-7-6-8-10-18)23-14-26(20)17(4)12-28-16(3)11-15(2)25-28/h6-11,13-14,17H,5,12H2,1-4H3/t17-/m0/s1. The van der Waals surface area contributed by atoms with E-state index in [1.54, 1.807) is 6.33 Å². The molecule has 0 amide bonds. The fourth-order valence-corrected chi connectivity index (χ4v) is 3.60. The summed E-state index contributed by atoms with van der Waals surface area (Å²) in [7, 11) is 0. The number of imidazole rings is 1. The van der Waals surface area contributed by atoms with Crippen LogP contribution in [0.1, 0.15) is 31.3 Å². The van der Waals surface area contributed by atoms with E-state index in [2.05, 4.69) is 63.4 Å². The van der Waals surface area contributed by atoms with Crippen molar-refractivity contribution in [2.75, 3.05) is 0 Å². The van der Waals surface area contributed by atoms with Gasteiger partial charge in [-0.1, -0.05) is 30.3 Å². The zero-order valence-corrected chi connectivity index (χ0v) is 16.7. The molecule has 0 aliphatic heterocycles. The summed E-state index contributed by atoms with van der Waals surface area (Å²) in [6.07, 6.45) is 3.51. The Labute approximate surface area is 164 Å². The molecule has 3 aromatic heterocycles. The third-order valence-electron chi connectivity index (χ3n) is 4.98. The van der Waals surface area contributed by atoms with E-state index in [1.807, 2.05) is 36.1 Å². The van der Waals surface area contributed by atoms with Crippen LogP contribution in [0.25, 0.3) is 22.8 Å². The topological polar surface area (TPSA) is 66.3 Å². The largest absolute Gasteiger partial charge is 0.323 e. The second-order valence-corrected chi connectivity index (χ2v) is 7.07. The highest BCUT2D eigenvalue weighted by Crippen LogP contribution is 2.32. The van der Waals surface area contributed by atoms with Crippen molar-refractivity contribution in [2.45, 2.75) is 46.8 Å². The summed E-state index contributed by atoms with van der Waals surface area (Å²) in [6.45, 7) is 9.88. The molecule has 4 rings (SSSR count). The Morgan fingerprint density at radius 1 is 1.04 bits per heavy atom. The third-order valence-corrected chi connectivity index (χ3v) is 4.98. The van der Waals surface area contributed by atoms with Crippen LogP contribution in [0, 0.1) is 13.8 Å². The zero-order chi connectivity index (χ0) is 19.7. The molecule has 144 valence electrons. The van der Waals surface area contributed by atoms with Crippen molar-refractivity contribution in [3.8, 4) is 22.8 Å². The molecule has 0 saturated heterocycles. The number of aryl methyl sites for hydroxylation is 3. The Morgan fingerprint density at radius 3 is 2.50 bits per heavy atom. The predicted octanol–water partition coefficient (Wildman–Crippen LogP) is 3.90. The van der Waals surface area contributed by atoms with E-state index >= 15 is 0 Å². The van der Waals surface area contributed by atoms with E-state index in [0.717, 1.165) is 47.3 Å². The minimum Gasteiger partial charge on any atom is -0.323 e. The van der Waals surface area contributed by atoms with Crippen molar-refractivity contribution >= 4 is 0 Å². The Bertz CT molecular complexity index is 1070. The summed E-state index contributed by atoms with van der Waals surface area (Å²) >= 11 is 0. The fraction of sp³-hybridized carbons (Fsp3) is 0.333. The van der Waals surface area contributed by atoms with Gasteiger partial charge >= 0.3 is 0 Å². The molecule has 0 N–H and O–H groups in total. The van der Waals surface area contributed by atoms with Gasteiger partial charge in [-0.2, -0.15) is 10.2 Å². The van der Waals surface area contributed by atoms with Crippen molar-refractivity contribution in [3.05, 3.63) is 60.4 Å². The normalized spacial score (nSPS) is 12.4. The van der Waals surface area contributed by atoms with Gasteiger partial charge in [0.2, 0.25) is 0 Å². The van der Waals surface area contributed by atoms with Gasteiger partial charge in [-0.05, 0) is 33.8 Å². The van der Waals surface area contributed by atoms with Gasteiger partial charge in [0.25, 0.3) is 0 Å². The molecule has 0 fully saturated rings. The zero-order valence-electron chi connectivity index (χ0n) is 16.7. The molecule has 0 bridgehead atoms. The van der Waals surface area contributed by atoms with Crippen LogP contribution < -0.4 is 0 Å².